The van der Waals surface area contributed by atoms with Crippen molar-refractivity contribution < 1.29 is 5.11 Å². The molecule has 88 valence electrons. The Labute approximate surface area is 97.7 Å². The molecule has 1 aliphatic rings. The summed E-state index contributed by atoms with van der Waals surface area (Å²) >= 11 is 0. The number of rotatable bonds is 1. The van der Waals surface area contributed by atoms with Gasteiger partial charge in [-0.1, -0.05) is 26.3 Å². The smallest absolute Gasteiger partial charge is 0.0939 e. The molecule has 2 nitrogen and oxygen atoms in total. The molecule has 1 aromatic heterocycles. The van der Waals surface area contributed by atoms with Crippen LogP contribution in [0.15, 0.2) is 18.3 Å². The van der Waals surface area contributed by atoms with Gasteiger partial charge in [0, 0.05) is 17.5 Å². The molecule has 0 amide bonds. The molecule has 0 spiro atoms. The summed E-state index contributed by atoms with van der Waals surface area (Å²) in [6.45, 7) is 6.34. The lowest BCUT2D eigenvalue weighted by molar-refractivity contribution is -0.0629. The Morgan fingerprint density at radius 2 is 2.06 bits per heavy atom. The molecular weight excluding hydrogens is 198 g/mol. The highest BCUT2D eigenvalue weighted by molar-refractivity contribution is 5.22. The van der Waals surface area contributed by atoms with Crippen LogP contribution in [-0.2, 0) is 5.60 Å². The Morgan fingerprint density at radius 1 is 1.31 bits per heavy atom. The van der Waals surface area contributed by atoms with Gasteiger partial charge in [0.15, 0.2) is 0 Å². The Morgan fingerprint density at radius 3 is 2.69 bits per heavy atom. The predicted molar refractivity (Wildman–Crippen MR) is 65.0 cm³/mol. The third-order valence-corrected chi connectivity index (χ3v) is 3.98. The summed E-state index contributed by atoms with van der Waals surface area (Å²) in [5.41, 5.74) is 1.32. The normalized spacial score (nSPS) is 35.0. The van der Waals surface area contributed by atoms with E-state index in [9.17, 15) is 5.11 Å². The van der Waals surface area contributed by atoms with Crippen LogP contribution in [0.25, 0.3) is 0 Å². The number of hydrogen-bond acceptors (Lipinski definition) is 2. The number of pyridine rings is 1. The van der Waals surface area contributed by atoms with Crippen LogP contribution in [0.1, 0.15) is 44.4 Å². The molecule has 0 aliphatic heterocycles. The zero-order valence-electron chi connectivity index (χ0n) is 10.4. The highest BCUT2D eigenvalue weighted by Gasteiger charge is 2.40. The molecular formula is C14H21NO. The fraction of sp³-hybridized carbons (Fsp3) is 0.643. The van der Waals surface area contributed by atoms with E-state index in [1.165, 1.54) is 6.42 Å². The zero-order chi connectivity index (χ0) is 11.8. The van der Waals surface area contributed by atoms with Gasteiger partial charge < -0.3 is 5.11 Å². The fourth-order valence-corrected chi connectivity index (χ4v) is 2.73. The minimum absolute atomic E-state index is 0.327. The van der Waals surface area contributed by atoms with E-state index in [2.05, 4.69) is 18.8 Å². The minimum Gasteiger partial charge on any atom is -0.385 e. The number of aliphatic hydroxyl groups is 1. The largest absolute Gasteiger partial charge is 0.385 e. The van der Waals surface area contributed by atoms with Crippen molar-refractivity contribution in [2.24, 2.45) is 11.8 Å². The first-order chi connectivity index (χ1) is 7.52. The van der Waals surface area contributed by atoms with E-state index in [4.69, 9.17) is 0 Å². The van der Waals surface area contributed by atoms with Crippen molar-refractivity contribution in [2.45, 2.75) is 45.6 Å². The van der Waals surface area contributed by atoms with Crippen LogP contribution >= 0.6 is 0 Å². The molecule has 3 atom stereocenters. The molecule has 0 aromatic carbocycles. The van der Waals surface area contributed by atoms with E-state index in [1.54, 1.807) is 0 Å². The number of hydrogen-bond donors (Lipinski definition) is 1. The molecule has 1 heterocycles. The molecule has 0 radical (unpaired) electrons. The fourth-order valence-electron chi connectivity index (χ4n) is 2.73. The van der Waals surface area contributed by atoms with Gasteiger partial charge in [-0.05, 0) is 37.7 Å². The van der Waals surface area contributed by atoms with Crippen molar-refractivity contribution in [2.75, 3.05) is 0 Å². The second kappa shape index (κ2) is 4.17. The van der Waals surface area contributed by atoms with Gasteiger partial charge in [-0.25, -0.2) is 0 Å². The van der Waals surface area contributed by atoms with Crippen LogP contribution in [0.2, 0.25) is 0 Å². The molecule has 0 bridgehead atoms. The summed E-state index contributed by atoms with van der Waals surface area (Å²) in [6.07, 6.45) is 5.02. The summed E-state index contributed by atoms with van der Waals surface area (Å²) in [5, 5.41) is 10.8. The molecule has 1 fully saturated rings. The lowest BCUT2D eigenvalue weighted by Gasteiger charge is -2.41. The Hall–Kier alpha value is -0.890. The van der Waals surface area contributed by atoms with E-state index in [-0.39, 0.29) is 0 Å². The summed E-state index contributed by atoms with van der Waals surface area (Å²) in [6, 6.07) is 4.01. The highest BCUT2D eigenvalue weighted by Crippen LogP contribution is 2.43. The molecule has 1 N–H and O–H groups in total. The molecule has 0 saturated heterocycles. The van der Waals surface area contributed by atoms with E-state index >= 15 is 0 Å². The zero-order valence-corrected chi connectivity index (χ0v) is 10.4. The molecule has 16 heavy (non-hydrogen) atoms. The van der Waals surface area contributed by atoms with Gasteiger partial charge in [0.2, 0.25) is 0 Å². The maximum Gasteiger partial charge on any atom is 0.0939 e. The van der Waals surface area contributed by atoms with E-state index < -0.39 is 5.60 Å². The van der Waals surface area contributed by atoms with Crippen molar-refractivity contribution in [1.82, 2.24) is 4.98 Å². The van der Waals surface area contributed by atoms with E-state index in [0.29, 0.717) is 11.8 Å². The van der Waals surface area contributed by atoms with Crippen LogP contribution < -0.4 is 0 Å². The summed E-state index contributed by atoms with van der Waals surface area (Å²) in [7, 11) is 0. The van der Waals surface area contributed by atoms with Crippen molar-refractivity contribution in [3.05, 3.63) is 29.6 Å². The van der Waals surface area contributed by atoms with Gasteiger partial charge >= 0.3 is 0 Å². The molecule has 2 rings (SSSR count). The monoisotopic (exact) mass is 219 g/mol. The van der Waals surface area contributed by atoms with Crippen LogP contribution in [0.4, 0.5) is 0 Å². The van der Waals surface area contributed by atoms with Gasteiger partial charge in [0.1, 0.15) is 0 Å². The maximum absolute atomic E-state index is 10.8. The molecule has 1 saturated carbocycles. The first-order valence-corrected chi connectivity index (χ1v) is 6.18. The quantitative estimate of drug-likeness (QED) is 0.787. The average Bonchev–Trinajstić information content (AvgIpc) is 2.25. The number of nitrogens with zero attached hydrogens (tertiary/aromatic N) is 1. The van der Waals surface area contributed by atoms with Crippen LogP contribution in [0.3, 0.4) is 0 Å². The van der Waals surface area contributed by atoms with Crippen LogP contribution in [-0.4, -0.2) is 10.1 Å². The van der Waals surface area contributed by atoms with Crippen molar-refractivity contribution in [1.29, 1.82) is 0 Å². The number of aryl methyl sites for hydroxylation is 1. The minimum atomic E-state index is -0.668. The van der Waals surface area contributed by atoms with Crippen LogP contribution in [0.5, 0.6) is 0 Å². The van der Waals surface area contributed by atoms with Gasteiger partial charge in [0.25, 0.3) is 0 Å². The summed E-state index contributed by atoms with van der Waals surface area (Å²) < 4.78 is 0. The predicted octanol–water partition coefficient (Wildman–Crippen LogP) is 3.03. The molecule has 1 aliphatic carbocycles. The maximum atomic E-state index is 10.8. The van der Waals surface area contributed by atoms with Gasteiger partial charge in [-0.3, -0.25) is 4.98 Å². The summed E-state index contributed by atoms with van der Waals surface area (Å²) in [4.78, 5) is 4.30. The molecule has 1 aromatic rings. The van der Waals surface area contributed by atoms with E-state index in [1.807, 2.05) is 25.3 Å². The van der Waals surface area contributed by atoms with Crippen LogP contribution in [0, 0.1) is 18.8 Å². The Bertz CT molecular complexity index is 360. The van der Waals surface area contributed by atoms with E-state index in [0.717, 1.165) is 24.1 Å². The van der Waals surface area contributed by atoms with Crippen molar-refractivity contribution in [3.63, 3.8) is 0 Å². The topological polar surface area (TPSA) is 33.1 Å². The third-order valence-electron chi connectivity index (χ3n) is 3.98. The lowest BCUT2D eigenvalue weighted by atomic mass is 9.69. The molecule has 2 heteroatoms. The van der Waals surface area contributed by atoms with Gasteiger partial charge in [0.05, 0.1) is 5.60 Å². The first kappa shape index (κ1) is 11.6. The second-order valence-electron chi connectivity index (χ2n) is 5.40. The first-order valence-electron chi connectivity index (χ1n) is 6.18. The summed E-state index contributed by atoms with van der Waals surface area (Å²) in [5.74, 6) is 0.927. The van der Waals surface area contributed by atoms with Crippen molar-refractivity contribution >= 4 is 0 Å². The van der Waals surface area contributed by atoms with Crippen molar-refractivity contribution in [3.8, 4) is 0 Å². The molecule has 3 unspecified atom stereocenters. The standard InChI is InChI=1S/C14H21NO/c1-10-4-5-11(2)14(16,8-10)13-7-6-12(3)15-9-13/h6-7,9-11,16H,4-5,8H2,1-3H3. The second-order valence-corrected chi connectivity index (χ2v) is 5.40. The lowest BCUT2D eigenvalue weighted by Crippen LogP contribution is -2.39. The van der Waals surface area contributed by atoms with Gasteiger partial charge in [-0.15, -0.1) is 0 Å². The SMILES string of the molecule is Cc1ccc(C2(O)CC(C)CCC2C)cn1. The number of aromatic nitrogens is 1. The Kier molecular flexibility index (Phi) is 3.02. The highest BCUT2D eigenvalue weighted by atomic mass is 16.3. The average molecular weight is 219 g/mol. The Balaban J connectivity index is 2.32. The third kappa shape index (κ3) is 1.99. The van der Waals surface area contributed by atoms with Gasteiger partial charge in [-0.2, -0.15) is 0 Å².